The van der Waals surface area contributed by atoms with Crippen molar-refractivity contribution in [3.63, 3.8) is 0 Å². The van der Waals surface area contributed by atoms with Crippen LogP contribution >= 0.6 is 0 Å². The fraction of sp³-hybridized carbons (Fsp3) is 0.231. The smallest absolute Gasteiger partial charge is 0.259 e. The molecule has 0 spiro atoms. The third kappa shape index (κ3) is 4.76. The Morgan fingerprint density at radius 2 is 1.85 bits per heavy atom. The van der Waals surface area contributed by atoms with Gasteiger partial charge in [-0.15, -0.1) is 0 Å². The van der Waals surface area contributed by atoms with Gasteiger partial charge in [-0.25, -0.2) is 4.98 Å². The van der Waals surface area contributed by atoms with Crippen LogP contribution in [0.15, 0.2) is 79.4 Å². The van der Waals surface area contributed by atoms with Crippen molar-refractivity contribution in [2.45, 2.75) is 18.9 Å². The number of aromatic nitrogens is 3. The second-order valence-electron chi connectivity index (χ2n) is 8.24. The zero-order valence-electron chi connectivity index (χ0n) is 18.6. The number of H-pyrrole nitrogens is 1. The van der Waals surface area contributed by atoms with Crippen LogP contribution in [-0.4, -0.2) is 57.4 Å². The molecular weight excluding hydrogens is 430 g/mol. The van der Waals surface area contributed by atoms with Crippen LogP contribution in [0.4, 0.5) is 5.82 Å². The number of hydrogen-bond donors (Lipinski definition) is 1. The summed E-state index contributed by atoms with van der Waals surface area (Å²) in [4.78, 5) is 41.4. The van der Waals surface area contributed by atoms with Crippen molar-refractivity contribution in [3.8, 4) is 5.75 Å². The second-order valence-corrected chi connectivity index (χ2v) is 8.24. The molecule has 0 atom stereocenters. The Morgan fingerprint density at radius 1 is 1.03 bits per heavy atom. The van der Waals surface area contributed by atoms with E-state index in [0.29, 0.717) is 24.5 Å². The monoisotopic (exact) mass is 455 g/mol. The first-order valence-corrected chi connectivity index (χ1v) is 11.3. The molecule has 0 bridgehead atoms. The third-order valence-corrected chi connectivity index (χ3v) is 6.01. The van der Waals surface area contributed by atoms with Crippen LogP contribution in [0, 0.1) is 0 Å². The summed E-state index contributed by atoms with van der Waals surface area (Å²) in [6.45, 7) is 1.08. The maximum Gasteiger partial charge on any atom is 0.259 e. The van der Waals surface area contributed by atoms with E-state index in [1.807, 2.05) is 36.5 Å². The number of anilines is 1. The Morgan fingerprint density at radius 3 is 2.62 bits per heavy atom. The zero-order valence-corrected chi connectivity index (χ0v) is 18.6. The normalized spacial score (nSPS) is 14.2. The second kappa shape index (κ2) is 9.74. The van der Waals surface area contributed by atoms with Gasteiger partial charge in [-0.3, -0.25) is 19.5 Å². The molecule has 2 amide bonds. The van der Waals surface area contributed by atoms with Gasteiger partial charge in [-0.1, -0.05) is 12.1 Å². The molecular formula is C26H25N5O3. The largest absolute Gasteiger partial charge is 0.490 e. The quantitative estimate of drug-likeness (QED) is 0.479. The Balaban J connectivity index is 1.28. The molecule has 1 aromatic carbocycles. The van der Waals surface area contributed by atoms with E-state index in [9.17, 15) is 9.59 Å². The molecule has 8 nitrogen and oxygen atoms in total. The molecule has 1 saturated heterocycles. The van der Waals surface area contributed by atoms with Crippen LogP contribution < -0.4 is 9.64 Å². The number of likely N-dealkylation sites (tertiary alicyclic amines) is 1. The number of benzene rings is 1. The molecule has 0 aliphatic carbocycles. The van der Waals surface area contributed by atoms with Crippen molar-refractivity contribution >= 4 is 28.5 Å². The predicted octanol–water partition coefficient (Wildman–Crippen LogP) is 3.67. The molecule has 8 heteroatoms. The van der Waals surface area contributed by atoms with Crippen molar-refractivity contribution in [1.82, 2.24) is 19.9 Å². The molecule has 1 N–H and O–H groups in total. The lowest BCUT2D eigenvalue weighted by Gasteiger charge is -2.33. The summed E-state index contributed by atoms with van der Waals surface area (Å²) >= 11 is 0. The highest BCUT2D eigenvalue weighted by Gasteiger charge is 2.28. The van der Waals surface area contributed by atoms with Crippen molar-refractivity contribution in [2.24, 2.45) is 0 Å². The van der Waals surface area contributed by atoms with Gasteiger partial charge in [0.1, 0.15) is 24.2 Å². The standard InChI is InChI=1S/C26H25N5O3/c32-25(30-15-9-22(10-16-30)34-21-7-12-27-13-8-21)18-31(24-3-1-2-11-29-24)26(33)20-5-4-19-6-14-28-23(19)17-20/h1-8,11-14,17,22,28H,9-10,15-16,18H2. The molecule has 0 radical (unpaired) electrons. The topological polar surface area (TPSA) is 91.4 Å². The van der Waals surface area contributed by atoms with E-state index in [4.69, 9.17) is 4.74 Å². The summed E-state index contributed by atoms with van der Waals surface area (Å²) < 4.78 is 6.00. The maximum absolute atomic E-state index is 13.5. The lowest BCUT2D eigenvalue weighted by molar-refractivity contribution is -0.131. The van der Waals surface area contributed by atoms with Crippen LogP contribution in [0.5, 0.6) is 5.75 Å². The van der Waals surface area contributed by atoms with Gasteiger partial charge in [0.25, 0.3) is 5.91 Å². The van der Waals surface area contributed by atoms with Crippen molar-refractivity contribution in [1.29, 1.82) is 0 Å². The van der Waals surface area contributed by atoms with E-state index < -0.39 is 0 Å². The highest BCUT2D eigenvalue weighted by molar-refractivity contribution is 6.09. The number of piperidine rings is 1. The van der Waals surface area contributed by atoms with Gasteiger partial charge in [0, 0.05) is 61.8 Å². The number of nitrogens with one attached hydrogen (secondary N) is 1. The lowest BCUT2D eigenvalue weighted by Crippen LogP contribution is -2.47. The van der Waals surface area contributed by atoms with E-state index in [1.165, 1.54) is 4.90 Å². The van der Waals surface area contributed by atoms with Gasteiger partial charge >= 0.3 is 0 Å². The van der Waals surface area contributed by atoms with Gasteiger partial charge in [0.15, 0.2) is 0 Å². The minimum absolute atomic E-state index is 0.0486. The third-order valence-electron chi connectivity index (χ3n) is 6.01. The van der Waals surface area contributed by atoms with Gasteiger partial charge in [-0.2, -0.15) is 0 Å². The fourth-order valence-electron chi connectivity index (χ4n) is 4.17. The van der Waals surface area contributed by atoms with E-state index in [2.05, 4.69) is 15.0 Å². The molecule has 1 aliphatic heterocycles. The van der Waals surface area contributed by atoms with Crippen LogP contribution in [0.1, 0.15) is 23.2 Å². The number of carbonyl (C=O) groups is 2. The summed E-state index contributed by atoms with van der Waals surface area (Å²) in [5.41, 5.74) is 1.37. The average molecular weight is 456 g/mol. The number of hydrogen-bond acceptors (Lipinski definition) is 5. The van der Waals surface area contributed by atoms with Crippen LogP contribution in [0.25, 0.3) is 10.9 Å². The predicted molar refractivity (Wildman–Crippen MR) is 129 cm³/mol. The highest BCUT2D eigenvalue weighted by Crippen LogP contribution is 2.21. The first kappa shape index (κ1) is 21.6. The lowest BCUT2D eigenvalue weighted by atomic mass is 10.1. The number of fused-ring (bicyclic) bond motifs is 1. The van der Waals surface area contributed by atoms with E-state index >= 15 is 0 Å². The zero-order chi connectivity index (χ0) is 23.3. The summed E-state index contributed by atoms with van der Waals surface area (Å²) in [6.07, 6.45) is 8.36. The number of pyridine rings is 2. The molecule has 0 unspecified atom stereocenters. The minimum Gasteiger partial charge on any atom is -0.490 e. The molecule has 5 rings (SSSR count). The number of ether oxygens (including phenoxy) is 1. The molecule has 172 valence electrons. The molecule has 0 saturated carbocycles. The number of carbonyl (C=O) groups excluding carboxylic acids is 2. The van der Waals surface area contributed by atoms with E-state index in [1.54, 1.807) is 47.8 Å². The Kier molecular flexibility index (Phi) is 6.20. The van der Waals surface area contributed by atoms with Crippen molar-refractivity contribution < 1.29 is 14.3 Å². The Bertz CT molecular complexity index is 1270. The first-order valence-electron chi connectivity index (χ1n) is 11.3. The number of rotatable bonds is 6. The number of nitrogens with zero attached hydrogens (tertiary/aromatic N) is 4. The first-order chi connectivity index (χ1) is 16.7. The van der Waals surface area contributed by atoms with Crippen LogP contribution in [0.3, 0.4) is 0 Å². The number of amides is 2. The molecule has 1 fully saturated rings. The van der Waals surface area contributed by atoms with Gasteiger partial charge in [0.05, 0.1) is 0 Å². The molecule has 4 aromatic rings. The molecule has 3 aromatic heterocycles. The van der Waals surface area contributed by atoms with E-state index in [0.717, 1.165) is 29.5 Å². The Labute approximate surface area is 197 Å². The highest BCUT2D eigenvalue weighted by atomic mass is 16.5. The SMILES string of the molecule is O=C(CN(C(=O)c1ccc2cc[nH]c2c1)c1ccccn1)N1CCC(Oc2ccncc2)CC1. The maximum atomic E-state index is 13.5. The van der Waals surface area contributed by atoms with Gasteiger partial charge in [-0.05, 0) is 47.9 Å². The summed E-state index contributed by atoms with van der Waals surface area (Å²) in [6, 6.07) is 16.4. The van der Waals surface area contributed by atoms with Gasteiger partial charge < -0.3 is 14.6 Å². The van der Waals surface area contributed by atoms with Crippen molar-refractivity contribution in [2.75, 3.05) is 24.5 Å². The summed E-state index contributed by atoms with van der Waals surface area (Å²) in [7, 11) is 0. The van der Waals surface area contributed by atoms with Gasteiger partial charge in [0.2, 0.25) is 5.91 Å². The Hall–Kier alpha value is -4.20. The van der Waals surface area contributed by atoms with E-state index in [-0.39, 0.29) is 24.5 Å². The minimum atomic E-state index is -0.264. The summed E-state index contributed by atoms with van der Waals surface area (Å²) in [5, 5.41) is 1.02. The van der Waals surface area contributed by atoms with Crippen molar-refractivity contribution in [3.05, 3.63) is 84.9 Å². The fourth-order valence-corrected chi connectivity index (χ4v) is 4.17. The number of aromatic amines is 1. The molecule has 1 aliphatic rings. The molecule has 4 heterocycles. The van der Waals surface area contributed by atoms with Crippen LogP contribution in [-0.2, 0) is 4.79 Å². The summed E-state index contributed by atoms with van der Waals surface area (Å²) in [5.74, 6) is 0.857. The molecule has 34 heavy (non-hydrogen) atoms. The average Bonchev–Trinajstić information content (AvgIpc) is 3.36. The van der Waals surface area contributed by atoms with Crippen LogP contribution in [0.2, 0.25) is 0 Å².